The number of aliphatic hydroxyl groups excluding tert-OH is 1. The first kappa shape index (κ1) is 22.1. The molecule has 0 saturated heterocycles. The minimum absolute atomic E-state index is 0. The van der Waals surface area contributed by atoms with Crippen molar-refractivity contribution in [1.82, 2.24) is 0 Å². The quantitative estimate of drug-likeness (QED) is 0.481. The summed E-state index contributed by atoms with van der Waals surface area (Å²) in [6.45, 7) is 11.2. The molecule has 2 heteroatoms. The van der Waals surface area contributed by atoms with Crippen LogP contribution in [0.15, 0.2) is 58.7 Å². The summed E-state index contributed by atoms with van der Waals surface area (Å²) in [4.78, 5) is 0. The van der Waals surface area contributed by atoms with Crippen molar-refractivity contribution < 1.29 is 49.2 Å². The molecule has 1 aliphatic rings. The first-order chi connectivity index (χ1) is 9.86. The Morgan fingerprint density at radius 2 is 1.86 bits per heavy atom. The van der Waals surface area contributed by atoms with Crippen LogP contribution in [0.4, 0.5) is 0 Å². The first-order valence-electron chi connectivity index (χ1n) is 7.87. The van der Waals surface area contributed by atoms with Crippen molar-refractivity contribution in [1.29, 1.82) is 0 Å². The van der Waals surface area contributed by atoms with Gasteiger partial charge in [0.25, 0.3) is 0 Å². The smallest absolute Gasteiger partial charge is 0.0617 e. The van der Waals surface area contributed by atoms with Gasteiger partial charge in [0.1, 0.15) is 0 Å². The van der Waals surface area contributed by atoms with E-state index in [2.05, 4.69) is 45.9 Å². The second-order valence-corrected chi connectivity index (χ2v) is 6.67. The molecule has 0 fully saturated rings. The van der Waals surface area contributed by atoms with Crippen LogP contribution in [-0.4, -0.2) is 11.7 Å². The van der Waals surface area contributed by atoms with Crippen LogP contribution in [0.25, 0.3) is 0 Å². The summed E-state index contributed by atoms with van der Waals surface area (Å²) >= 11 is 0. The third-order valence-electron chi connectivity index (χ3n) is 4.19. The summed E-state index contributed by atoms with van der Waals surface area (Å²) in [5.74, 6) is 0. The van der Waals surface area contributed by atoms with Gasteiger partial charge in [-0.1, -0.05) is 67.0 Å². The Bertz CT molecular complexity index is 502. The fraction of sp³-hybridized carbons (Fsp3) is 0.500. The van der Waals surface area contributed by atoms with Gasteiger partial charge in [-0.2, -0.15) is 0 Å². The van der Waals surface area contributed by atoms with Crippen LogP contribution >= 0.6 is 0 Å². The Morgan fingerprint density at radius 3 is 2.45 bits per heavy atom. The summed E-state index contributed by atoms with van der Waals surface area (Å²) in [5, 5.41) is 8.81. The molecule has 1 N–H and O–H groups in total. The Kier molecular flexibility index (Phi) is 10.8. The Balaban J connectivity index is 0.00000441. The summed E-state index contributed by atoms with van der Waals surface area (Å²) in [6, 6.07) is 0. The molecule has 22 heavy (non-hydrogen) atoms. The first-order valence-corrected chi connectivity index (χ1v) is 7.87. The second kappa shape index (κ2) is 10.8. The predicted octanol–water partition coefficient (Wildman–Crippen LogP) is 5.51. The van der Waals surface area contributed by atoms with Crippen molar-refractivity contribution >= 4 is 0 Å². The van der Waals surface area contributed by atoms with Crippen molar-refractivity contribution in [3.63, 3.8) is 0 Å². The molecule has 1 rings (SSSR count). The maximum Gasteiger partial charge on any atom is 0.0617 e. The minimum atomic E-state index is 0. The molecule has 0 aromatic carbocycles. The van der Waals surface area contributed by atoms with Crippen LogP contribution in [0.2, 0.25) is 0 Å². The normalized spacial score (nSPS) is 19.9. The fourth-order valence-electron chi connectivity index (χ4n) is 2.84. The van der Waals surface area contributed by atoms with E-state index in [0.29, 0.717) is 5.41 Å². The third-order valence-corrected chi connectivity index (χ3v) is 4.19. The van der Waals surface area contributed by atoms with Gasteiger partial charge in [0.2, 0.25) is 0 Å². The minimum Gasteiger partial charge on any atom is -0.392 e. The molecule has 0 atom stereocenters. The van der Waals surface area contributed by atoms with Crippen molar-refractivity contribution in [3.8, 4) is 0 Å². The second-order valence-electron chi connectivity index (χ2n) is 6.67. The van der Waals surface area contributed by atoms with Crippen molar-refractivity contribution in [2.75, 3.05) is 6.61 Å². The van der Waals surface area contributed by atoms with Crippen molar-refractivity contribution in [2.24, 2.45) is 5.41 Å². The molecule has 0 aromatic rings. The molecule has 0 saturated carbocycles. The number of hydrogen-bond donors (Lipinski definition) is 1. The van der Waals surface area contributed by atoms with Crippen LogP contribution < -0.4 is 0 Å². The number of allylic oxidation sites excluding steroid dienone is 9. The molecule has 1 radical (unpaired) electrons. The molecule has 0 spiro atoms. The molecule has 0 bridgehead atoms. The van der Waals surface area contributed by atoms with Gasteiger partial charge >= 0.3 is 0 Å². The molecule has 0 amide bonds. The Morgan fingerprint density at radius 1 is 1.18 bits per heavy atom. The zero-order valence-corrected chi connectivity index (χ0v) is 19.6. The molecular weight excluding hydrogens is 483 g/mol. The zero-order chi connectivity index (χ0) is 15.9. The van der Waals surface area contributed by atoms with Gasteiger partial charge in [0, 0.05) is 44.1 Å². The average molecular weight is 513 g/mol. The molecule has 119 valence electrons. The van der Waals surface area contributed by atoms with Gasteiger partial charge in [0.05, 0.1) is 6.61 Å². The Labute approximate surface area is 172 Å². The fourth-order valence-corrected chi connectivity index (χ4v) is 2.84. The van der Waals surface area contributed by atoms with Crippen LogP contribution in [0.1, 0.15) is 53.9 Å². The molecule has 1 nitrogen and oxygen atoms in total. The van der Waals surface area contributed by atoms with Crippen LogP contribution in [0.3, 0.4) is 0 Å². The summed E-state index contributed by atoms with van der Waals surface area (Å²) < 4.78 is 0. The van der Waals surface area contributed by atoms with Gasteiger partial charge in [-0.15, -0.1) is 0 Å². The van der Waals surface area contributed by atoms with Gasteiger partial charge in [-0.25, -0.2) is 0 Å². The maximum absolute atomic E-state index is 8.81. The van der Waals surface area contributed by atoms with Crippen molar-refractivity contribution in [3.05, 3.63) is 58.7 Å². The molecule has 0 heterocycles. The molecule has 1 aliphatic carbocycles. The molecule has 0 aliphatic heterocycles. The van der Waals surface area contributed by atoms with E-state index in [9.17, 15) is 0 Å². The summed E-state index contributed by atoms with van der Waals surface area (Å²) in [6.07, 6.45) is 16.3. The van der Waals surface area contributed by atoms with Crippen molar-refractivity contribution in [2.45, 2.75) is 53.9 Å². The number of rotatable bonds is 5. The maximum atomic E-state index is 8.81. The molecule has 0 aromatic heterocycles. The van der Waals surface area contributed by atoms with E-state index in [1.807, 2.05) is 19.1 Å². The van der Waals surface area contributed by atoms with Crippen LogP contribution in [0, 0.1) is 49.5 Å². The van der Waals surface area contributed by atoms with Gasteiger partial charge in [0.15, 0.2) is 0 Å². The third kappa shape index (κ3) is 7.58. The monoisotopic (exact) mass is 513 g/mol. The van der Waals surface area contributed by atoms with Gasteiger partial charge < -0.3 is 5.11 Å². The topological polar surface area (TPSA) is 20.2 Å². The van der Waals surface area contributed by atoms with E-state index < -0.39 is 0 Å². The number of aliphatic hydroxyl groups is 1. The van der Waals surface area contributed by atoms with E-state index >= 15 is 0 Å². The predicted molar refractivity (Wildman–Crippen MR) is 93.2 cm³/mol. The number of hydrogen-bond acceptors (Lipinski definition) is 1. The van der Waals surface area contributed by atoms with Gasteiger partial charge in [-0.05, 0) is 51.0 Å². The average Bonchev–Trinajstić information content (AvgIpc) is 2.37. The van der Waals surface area contributed by atoms with E-state index in [1.165, 1.54) is 36.0 Å². The van der Waals surface area contributed by atoms with E-state index in [4.69, 9.17) is 5.11 Å². The standard InChI is InChI=1S/C20H30O.Ac/c1-16(8-6-9-17(2)13-15-21)11-12-19-18(3)10-7-14-20(19,4)5;/h6,8-9,11-13,21H,7,10,14-15H2,1-5H3;/b9-6+,12-11+,16-8+,17-13+;. The van der Waals surface area contributed by atoms with Crippen LogP contribution in [0.5, 0.6) is 0 Å². The Hall–Kier alpha value is 0.102. The zero-order valence-electron chi connectivity index (χ0n) is 14.8. The molecular formula is C20H30AcO. The summed E-state index contributed by atoms with van der Waals surface area (Å²) in [5.41, 5.74) is 5.66. The van der Waals surface area contributed by atoms with Crippen LogP contribution in [-0.2, 0) is 0 Å². The van der Waals surface area contributed by atoms with E-state index in [-0.39, 0.29) is 50.7 Å². The van der Waals surface area contributed by atoms with E-state index in [1.54, 1.807) is 6.08 Å². The molecule has 0 unspecified atom stereocenters. The summed E-state index contributed by atoms with van der Waals surface area (Å²) in [7, 11) is 0. The van der Waals surface area contributed by atoms with Gasteiger partial charge in [-0.3, -0.25) is 0 Å². The van der Waals surface area contributed by atoms with E-state index in [0.717, 1.165) is 5.57 Å². The SMILES string of the molecule is CC1=C(/C=C/C(C)=C/C=C/C(C)=C/CO)C(C)(C)CCC1.[Ac]. The largest absolute Gasteiger partial charge is 0.392 e.